The van der Waals surface area contributed by atoms with Crippen molar-refractivity contribution in [3.8, 4) is 0 Å². The topological polar surface area (TPSA) is 35.5 Å². The van der Waals surface area contributed by atoms with E-state index in [9.17, 15) is 4.79 Å². The fraction of sp³-hybridized carbons (Fsp3) is 0.400. The number of hydrogen-bond donors (Lipinski definition) is 0. The smallest absolute Gasteiger partial charge is 0.306 e. The Bertz CT molecular complexity index is 399. The van der Waals surface area contributed by atoms with Gasteiger partial charge in [0.15, 0.2) is 0 Å². The van der Waals surface area contributed by atoms with Crippen LogP contribution in [-0.4, -0.2) is 18.7 Å². The molecule has 3 heteroatoms. The summed E-state index contributed by atoms with van der Waals surface area (Å²) in [6, 6.07) is 9.70. The first-order valence-corrected chi connectivity index (χ1v) is 6.21. The van der Waals surface area contributed by atoms with Gasteiger partial charge in [0, 0.05) is 0 Å². The molecule has 1 aromatic rings. The predicted octanol–water partition coefficient (Wildman–Crippen LogP) is 2.71. The highest BCUT2D eigenvalue weighted by atomic mass is 16.5. The van der Waals surface area contributed by atoms with E-state index in [2.05, 4.69) is 6.58 Å². The van der Waals surface area contributed by atoms with Crippen LogP contribution >= 0.6 is 0 Å². The summed E-state index contributed by atoms with van der Waals surface area (Å²) in [5.41, 5.74) is 1.01. The highest BCUT2D eigenvalue weighted by Gasteiger charge is 2.39. The van der Waals surface area contributed by atoms with Crippen LogP contribution in [-0.2, 0) is 20.9 Å². The van der Waals surface area contributed by atoms with E-state index in [1.807, 2.05) is 30.3 Å². The normalized spacial score (nSPS) is 21.3. The second-order valence-electron chi connectivity index (χ2n) is 4.51. The van der Waals surface area contributed by atoms with Gasteiger partial charge >= 0.3 is 5.97 Å². The Kier molecular flexibility index (Phi) is 4.53. The monoisotopic (exact) mass is 246 g/mol. The molecule has 2 atom stereocenters. The van der Waals surface area contributed by atoms with E-state index in [1.54, 1.807) is 6.08 Å². The molecule has 1 aliphatic rings. The molecule has 0 spiro atoms. The molecule has 0 radical (unpaired) electrons. The third-order valence-electron chi connectivity index (χ3n) is 2.96. The predicted molar refractivity (Wildman–Crippen MR) is 68.9 cm³/mol. The van der Waals surface area contributed by atoms with E-state index >= 15 is 0 Å². The molecule has 96 valence electrons. The van der Waals surface area contributed by atoms with Gasteiger partial charge in [-0.2, -0.15) is 0 Å². The van der Waals surface area contributed by atoms with Crippen molar-refractivity contribution in [1.82, 2.24) is 0 Å². The van der Waals surface area contributed by atoms with Gasteiger partial charge in [-0.15, -0.1) is 6.58 Å². The SMILES string of the molecule is C=CCOC1CC1CC(=O)OCc1ccccc1. The van der Waals surface area contributed by atoms with Crippen molar-refractivity contribution in [2.75, 3.05) is 6.61 Å². The van der Waals surface area contributed by atoms with Gasteiger partial charge in [-0.05, 0) is 17.9 Å². The summed E-state index contributed by atoms with van der Waals surface area (Å²) >= 11 is 0. The van der Waals surface area contributed by atoms with Crippen LogP contribution in [0.2, 0.25) is 0 Å². The van der Waals surface area contributed by atoms with Crippen LogP contribution in [0.5, 0.6) is 0 Å². The minimum absolute atomic E-state index is 0.145. The lowest BCUT2D eigenvalue weighted by Gasteiger charge is -2.04. The number of carbonyl (C=O) groups excluding carboxylic acids is 1. The van der Waals surface area contributed by atoms with Crippen molar-refractivity contribution in [3.05, 3.63) is 48.6 Å². The van der Waals surface area contributed by atoms with E-state index in [0.29, 0.717) is 25.6 Å². The summed E-state index contributed by atoms with van der Waals surface area (Å²) in [4.78, 5) is 11.6. The highest BCUT2D eigenvalue weighted by molar-refractivity contribution is 5.70. The van der Waals surface area contributed by atoms with Gasteiger partial charge in [-0.25, -0.2) is 0 Å². The maximum atomic E-state index is 11.6. The first kappa shape index (κ1) is 12.8. The lowest BCUT2D eigenvalue weighted by molar-refractivity contribution is -0.145. The molecule has 2 rings (SSSR count). The number of hydrogen-bond acceptors (Lipinski definition) is 3. The maximum absolute atomic E-state index is 11.6. The Morgan fingerprint density at radius 3 is 2.89 bits per heavy atom. The molecular formula is C15H18O3. The summed E-state index contributed by atoms with van der Waals surface area (Å²) < 4.78 is 10.7. The standard InChI is InChI=1S/C15H18O3/c1-2-8-17-14-9-13(14)10-15(16)18-11-12-6-4-3-5-7-12/h2-7,13-14H,1,8-11H2. The van der Waals surface area contributed by atoms with E-state index in [4.69, 9.17) is 9.47 Å². The molecule has 0 saturated heterocycles. The number of carbonyl (C=O) groups is 1. The molecule has 0 heterocycles. The van der Waals surface area contributed by atoms with E-state index < -0.39 is 0 Å². The fourth-order valence-corrected chi connectivity index (χ4v) is 1.84. The number of ether oxygens (including phenoxy) is 2. The zero-order valence-corrected chi connectivity index (χ0v) is 10.4. The van der Waals surface area contributed by atoms with Gasteiger partial charge < -0.3 is 9.47 Å². The molecule has 0 aliphatic heterocycles. The van der Waals surface area contributed by atoms with E-state index in [-0.39, 0.29) is 12.1 Å². The van der Waals surface area contributed by atoms with Crippen LogP contribution in [0.4, 0.5) is 0 Å². The van der Waals surface area contributed by atoms with Gasteiger partial charge in [-0.1, -0.05) is 36.4 Å². The average Bonchev–Trinajstić information content (AvgIpc) is 3.13. The zero-order chi connectivity index (χ0) is 12.8. The Balaban J connectivity index is 1.63. The number of benzene rings is 1. The van der Waals surface area contributed by atoms with Gasteiger partial charge in [0.25, 0.3) is 0 Å². The van der Waals surface area contributed by atoms with Crippen molar-refractivity contribution in [3.63, 3.8) is 0 Å². The number of rotatable bonds is 7. The second kappa shape index (κ2) is 6.36. The van der Waals surface area contributed by atoms with Crippen molar-refractivity contribution >= 4 is 5.97 Å². The third kappa shape index (κ3) is 4.00. The maximum Gasteiger partial charge on any atom is 0.306 e. The third-order valence-corrected chi connectivity index (χ3v) is 2.96. The lowest BCUT2D eigenvalue weighted by Crippen LogP contribution is -2.07. The molecule has 0 aromatic heterocycles. The van der Waals surface area contributed by atoms with Crippen molar-refractivity contribution in [1.29, 1.82) is 0 Å². The summed E-state index contributed by atoms with van der Waals surface area (Å²) in [7, 11) is 0. The lowest BCUT2D eigenvalue weighted by atomic mass is 10.2. The van der Waals surface area contributed by atoms with Crippen LogP contribution in [0.25, 0.3) is 0 Å². The van der Waals surface area contributed by atoms with Crippen LogP contribution in [0.3, 0.4) is 0 Å². The van der Waals surface area contributed by atoms with E-state index in [0.717, 1.165) is 12.0 Å². The van der Waals surface area contributed by atoms with Gasteiger partial charge in [-0.3, -0.25) is 4.79 Å². The summed E-state index contributed by atoms with van der Waals surface area (Å²) in [5.74, 6) is 0.182. The molecule has 2 unspecified atom stereocenters. The fourth-order valence-electron chi connectivity index (χ4n) is 1.84. The summed E-state index contributed by atoms with van der Waals surface area (Å²) in [6.45, 7) is 4.50. The molecule has 18 heavy (non-hydrogen) atoms. The van der Waals surface area contributed by atoms with Gasteiger partial charge in [0.05, 0.1) is 19.1 Å². The summed E-state index contributed by atoms with van der Waals surface area (Å²) in [5, 5.41) is 0. The zero-order valence-electron chi connectivity index (χ0n) is 10.4. The molecule has 1 aliphatic carbocycles. The number of esters is 1. The van der Waals surface area contributed by atoms with Crippen LogP contribution in [0, 0.1) is 5.92 Å². The van der Waals surface area contributed by atoms with Crippen LogP contribution in [0.1, 0.15) is 18.4 Å². The van der Waals surface area contributed by atoms with Crippen molar-refractivity contribution < 1.29 is 14.3 Å². The first-order valence-electron chi connectivity index (χ1n) is 6.21. The molecule has 0 N–H and O–H groups in total. The van der Waals surface area contributed by atoms with Crippen molar-refractivity contribution in [2.24, 2.45) is 5.92 Å². The summed E-state index contributed by atoms with van der Waals surface area (Å²) in [6.07, 6.45) is 3.35. The second-order valence-corrected chi connectivity index (χ2v) is 4.51. The average molecular weight is 246 g/mol. The van der Waals surface area contributed by atoms with Crippen LogP contribution in [0.15, 0.2) is 43.0 Å². The Morgan fingerprint density at radius 2 is 2.17 bits per heavy atom. The quantitative estimate of drug-likeness (QED) is 0.548. The highest BCUT2D eigenvalue weighted by Crippen LogP contribution is 2.36. The molecule has 0 amide bonds. The van der Waals surface area contributed by atoms with Crippen LogP contribution < -0.4 is 0 Å². The molecule has 0 bridgehead atoms. The van der Waals surface area contributed by atoms with Gasteiger partial charge in [0.1, 0.15) is 6.61 Å². The molecule has 1 fully saturated rings. The minimum Gasteiger partial charge on any atom is -0.461 e. The molecular weight excluding hydrogens is 228 g/mol. The minimum atomic E-state index is -0.145. The van der Waals surface area contributed by atoms with Crippen molar-refractivity contribution in [2.45, 2.75) is 25.6 Å². The first-order chi connectivity index (χ1) is 8.79. The molecule has 3 nitrogen and oxygen atoms in total. The van der Waals surface area contributed by atoms with E-state index in [1.165, 1.54) is 0 Å². The Morgan fingerprint density at radius 1 is 1.39 bits per heavy atom. The Labute approximate surface area is 107 Å². The molecule has 1 aromatic carbocycles. The largest absolute Gasteiger partial charge is 0.461 e. The molecule has 1 saturated carbocycles. The Hall–Kier alpha value is -1.61. The van der Waals surface area contributed by atoms with Gasteiger partial charge in [0.2, 0.25) is 0 Å².